The maximum atomic E-state index is 13.7. The van der Waals surface area contributed by atoms with Crippen molar-refractivity contribution in [1.82, 2.24) is 9.55 Å². The average Bonchev–Trinajstić information content (AvgIpc) is 2.70. The molecule has 5 heteroatoms. The Hall–Kier alpha value is -2.07. The average molecular weight is 276 g/mol. The Morgan fingerprint density at radius 1 is 1.26 bits per heavy atom. The van der Waals surface area contributed by atoms with E-state index in [1.165, 1.54) is 6.07 Å². The second-order valence-electron chi connectivity index (χ2n) is 4.37. The minimum Gasteiger partial charge on any atom is -0.369 e. The van der Waals surface area contributed by atoms with Gasteiger partial charge in [-0.2, -0.15) is 0 Å². The van der Waals surface area contributed by atoms with Gasteiger partial charge in [0.05, 0.1) is 16.2 Å². The van der Waals surface area contributed by atoms with Gasteiger partial charge in [-0.05, 0) is 36.8 Å². The maximum Gasteiger partial charge on any atom is 0.206 e. The van der Waals surface area contributed by atoms with E-state index >= 15 is 0 Å². The van der Waals surface area contributed by atoms with Crippen molar-refractivity contribution in [2.24, 2.45) is 0 Å². The van der Waals surface area contributed by atoms with E-state index in [1.54, 1.807) is 22.8 Å². The van der Waals surface area contributed by atoms with Crippen molar-refractivity contribution in [2.75, 3.05) is 5.73 Å². The minimum absolute atomic E-state index is 0.215. The SMILES string of the molecule is Cc1ccc(Cl)c(-n2c(N)nc3c(F)cccc32)c1. The van der Waals surface area contributed by atoms with Gasteiger partial charge in [-0.1, -0.05) is 23.7 Å². The molecule has 0 aliphatic carbocycles. The van der Waals surface area contributed by atoms with E-state index < -0.39 is 5.82 Å². The molecule has 0 spiro atoms. The summed E-state index contributed by atoms with van der Waals surface area (Å²) in [5.74, 6) is -0.181. The van der Waals surface area contributed by atoms with Gasteiger partial charge < -0.3 is 5.73 Å². The standard InChI is InChI=1S/C14H11ClFN3/c1-8-5-6-9(15)12(7-8)19-11-4-2-3-10(16)13(11)18-14(19)17/h2-7H,1H3,(H2,17,18). The van der Waals surface area contributed by atoms with Crippen molar-refractivity contribution in [3.63, 3.8) is 0 Å². The van der Waals surface area contributed by atoms with Gasteiger partial charge >= 0.3 is 0 Å². The lowest BCUT2D eigenvalue weighted by Gasteiger charge is -2.09. The first-order valence-corrected chi connectivity index (χ1v) is 6.14. The third kappa shape index (κ3) is 1.85. The van der Waals surface area contributed by atoms with Crippen molar-refractivity contribution in [1.29, 1.82) is 0 Å². The van der Waals surface area contributed by atoms with E-state index in [1.807, 2.05) is 19.1 Å². The number of halogens is 2. The fourth-order valence-electron chi connectivity index (χ4n) is 2.13. The highest BCUT2D eigenvalue weighted by atomic mass is 35.5. The fraction of sp³-hybridized carbons (Fsp3) is 0.0714. The van der Waals surface area contributed by atoms with Crippen molar-refractivity contribution >= 4 is 28.6 Å². The molecule has 2 aromatic carbocycles. The molecule has 0 atom stereocenters. The Labute approximate surface area is 114 Å². The van der Waals surface area contributed by atoms with Crippen LogP contribution in [-0.4, -0.2) is 9.55 Å². The monoisotopic (exact) mass is 275 g/mol. The minimum atomic E-state index is -0.397. The smallest absolute Gasteiger partial charge is 0.206 e. The molecule has 19 heavy (non-hydrogen) atoms. The van der Waals surface area contributed by atoms with Crippen LogP contribution in [-0.2, 0) is 0 Å². The van der Waals surface area contributed by atoms with E-state index in [-0.39, 0.29) is 11.5 Å². The third-order valence-corrected chi connectivity index (χ3v) is 3.32. The lowest BCUT2D eigenvalue weighted by molar-refractivity contribution is 0.637. The molecule has 0 saturated heterocycles. The van der Waals surface area contributed by atoms with Crippen LogP contribution in [0.5, 0.6) is 0 Å². The van der Waals surface area contributed by atoms with Crippen LogP contribution >= 0.6 is 11.6 Å². The Morgan fingerprint density at radius 2 is 2.05 bits per heavy atom. The molecule has 3 nitrogen and oxygen atoms in total. The predicted octanol–water partition coefficient (Wildman–Crippen LogP) is 3.71. The predicted molar refractivity (Wildman–Crippen MR) is 75.2 cm³/mol. The summed E-state index contributed by atoms with van der Waals surface area (Å²) in [7, 11) is 0. The Balaban J connectivity index is 2.39. The number of anilines is 1. The summed E-state index contributed by atoms with van der Waals surface area (Å²) in [4.78, 5) is 4.07. The number of aryl methyl sites for hydroxylation is 1. The summed E-state index contributed by atoms with van der Waals surface area (Å²) in [6.07, 6.45) is 0. The van der Waals surface area contributed by atoms with Crippen LogP contribution in [0.2, 0.25) is 5.02 Å². The molecule has 0 bridgehead atoms. The molecule has 1 aromatic heterocycles. The number of hydrogen-bond acceptors (Lipinski definition) is 2. The quantitative estimate of drug-likeness (QED) is 0.736. The molecule has 2 N–H and O–H groups in total. The summed E-state index contributed by atoms with van der Waals surface area (Å²) >= 11 is 6.20. The molecule has 0 radical (unpaired) electrons. The number of para-hydroxylation sites is 1. The summed E-state index contributed by atoms with van der Waals surface area (Å²) < 4.78 is 15.4. The van der Waals surface area contributed by atoms with Crippen LogP contribution < -0.4 is 5.73 Å². The first-order chi connectivity index (χ1) is 9.08. The van der Waals surface area contributed by atoms with Crippen LogP contribution in [0.3, 0.4) is 0 Å². The summed E-state index contributed by atoms with van der Waals surface area (Å²) in [5.41, 5.74) is 8.49. The van der Waals surface area contributed by atoms with Gasteiger partial charge in [-0.3, -0.25) is 4.57 Å². The Kier molecular flexibility index (Phi) is 2.68. The number of benzene rings is 2. The number of imidazole rings is 1. The fourth-order valence-corrected chi connectivity index (χ4v) is 2.33. The first-order valence-electron chi connectivity index (χ1n) is 5.77. The summed E-state index contributed by atoms with van der Waals surface area (Å²) in [5, 5.41) is 0.542. The van der Waals surface area contributed by atoms with Gasteiger partial charge in [0.1, 0.15) is 5.52 Å². The normalized spacial score (nSPS) is 11.1. The van der Waals surface area contributed by atoms with Crippen molar-refractivity contribution in [3.05, 3.63) is 52.8 Å². The van der Waals surface area contributed by atoms with Gasteiger partial charge in [-0.15, -0.1) is 0 Å². The van der Waals surface area contributed by atoms with E-state index in [4.69, 9.17) is 17.3 Å². The van der Waals surface area contributed by atoms with Crippen LogP contribution in [0.15, 0.2) is 36.4 Å². The Bertz CT molecular complexity index is 780. The van der Waals surface area contributed by atoms with Gasteiger partial charge in [0.15, 0.2) is 5.82 Å². The number of rotatable bonds is 1. The second-order valence-corrected chi connectivity index (χ2v) is 4.78. The number of fused-ring (bicyclic) bond motifs is 1. The zero-order chi connectivity index (χ0) is 13.6. The third-order valence-electron chi connectivity index (χ3n) is 3.00. The number of hydrogen-bond donors (Lipinski definition) is 1. The van der Waals surface area contributed by atoms with Gasteiger partial charge in [0, 0.05) is 0 Å². The van der Waals surface area contributed by atoms with Crippen LogP contribution in [0.1, 0.15) is 5.56 Å². The first kappa shape index (κ1) is 12.0. The van der Waals surface area contributed by atoms with E-state index in [0.717, 1.165) is 5.56 Å². The molecule has 0 aliphatic rings. The molecular weight excluding hydrogens is 265 g/mol. The number of nitrogens with zero attached hydrogens (tertiary/aromatic N) is 2. The topological polar surface area (TPSA) is 43.8 Å². The molecule has 0 aliphatic heterocycles. The highest BCUT2D eigenvalue weighted by Crippen LogP contribution is 2.29. The maximum absolute atomic E-state index is 13.7. The molecule has 0 unspecified atom stereocenters. The van der Waals surface area contributed by atoms with Gasteiger partial charge in [0.25, 0.3) is 0 Å². The number of aromatic nitrogens is 2. The van der Waals surface area contributed by atoms with Gasteiger partial charge in [0.2, 0.25) is 5.95 Å². The summed E-state index contributed by atoms with van der Waals surface area (Å²) in [6.45, 7) is 1.95. The van der Waals surface area contributed by atoms with E-state index in [2.05, 4.69) is 4.98 Å². The second kappa shape index (κ2) is 4.24. The molecule has 3 aromatic rings. The molecule has 0 fully saturated rings. The largest absolute Gasteiger partial charge is 0.369 e. The Morgan fingerprint density at radius 3 is 2.84 bits per heavy atom. The molecule has 96 valence electrons. The number of nitrogens with two attached hydrogens (primary N) is 1. The zero-order valence-electron chi connectivity index (χ0n) is 10.2. The van der Waals surface area contributed by atoms with Crippen molar-refractivity contribution in [2.45, 2.75) is 6.92 Å². The number of nitrogen functional groups attached to an aromatic ring is 1. The highest BCUT2D eigenvalue weighted by molar-refractivity contribution is 6.32. The highest BCUT2D eigenvalue weighted by Gasteiger charge is 2.14. The van der Waals surface area contributed by atoms with Crippen LogP contribution in [0.4, 0.5) is 10.3 Å². The van der Waals surface area contributed by atoms with Crippen LogP contribution in [0.25, 0.3) is 16.7 Å². The van der Waals surface area contributed by atoms with Crippen LogP contribution in [0, 0.1) is 12.7 Å². The van der Waals surface area contributed by atoms with Gasteiger partial charge in [-0.25, -0.2) is 9.37 Å². The summed E-state index contributed by atoms with van der Waals surface area (Å²) in [6, 6.07) is 10.3. The molecule has 0 saturated carbocycles. The molecule has 3 rings (SSSR count). The molecular formula is C14H11ClFN3. The lowest BCUT2D eigenvalue weighted by Crippen LogP contribution is -2.01. The van der Waals surface area contributed by atoms with E-state index in [9.17, 15) is 4.39 Å². The zero-order valence-corrected chi connectivity index (χ0v) is 10.9. The molecule has 0 amide bonds. The molecule has 1 heterocycles. The van der Waals surface area contributed by atoms with Crippen molar-refractivity contribution in [3.8, 4) is 5.69 Å². The lowest BCUT2D eigenvalue weighted by atomic mass is 10.2. The van der Waals surface area contributed by atoms with Crippen molar-refractivity contribution < 1.29 is 4.39 Å². The van der Waals surface area contributed by atoms with E-state index in [0.29, 0.717) is 16.2 Å².